The van der Waals surface area contributed by atoms with E-state index in [-0.39, 0.29) is 11.5 Å². The second-order valence-electron chi connectivity index (χ2n) is 7.99. The Morgan fingerprint density at radius 2 is 1.62 bits per heavy atom. The number of carbonyl (C=O) groups is 1. The first-order chi connectivity index (χ1) is 15.5. The minimum Gasteiger partial charge on any atom is -0.378 e. The van der Waals surface area contributed by atoms with Crippen molar-refractivity contribution < 1.29 is 4.79 Å². The van der Waals surface area contributed by atoms with Crippen LogP contribution < -0.4 is 10.5 Å². The summed E-state index contributed by atoms with van der Waals surface area (Å²) in [5.41, 5.74) is 3.12. The average molecular weight is 430 g/mol. The van der Waals surface area contributed by atoms with Crippen molar-refractivity contribution in [2.45, 2.75) is 26.3 Å². The van der Waals surface area contributed by atoms with Gasteiger partial charge in [-0.05, 0) is 41.8 Å². The van der Waals surface area contributed by atoms with Crippen molar-refractivity contribution in [3.05, 3.63) is 100 Å². The van der Waals surface area contributed by atoms with Crippen molar-refractivity contribution in [2.75, 3.05) is 25.5 Å². The second kappa shape index (κ2) is 11.1. The zero-order valence-corrected chi connectivity index (χ0v) is 19.1. The van der Waals surface area contributed by atoms with Crippen molar-refractivity contribution in [3.8, 4) is 0 Å². The van der Waals surface area contributed by atoms with Crippen LogP contribution in [0.2, 0.25) is 0 Å². The van der Waals surface area contributed by atoms with Crippen molar-refractivity contribution in [3.63, 3.8) is 0 Å². The maximum atomic E-state index is 13.8. The molecule has 0 N–H and O–H groups in total. The lowest BCUT2D eigenvalue weighted by Crippen LogP contribution is -2.35. The monoisotopic (exact) mass is 429 g/mol. The highest BCUT2D eigenvalue weighted by Crippen LogP contribution is 2.19. The summed E-state index contributed by atoms with van der Waals surface area (Å²) in [7, 11) is 3.97. The maximum Gasteiger partial charge on any atom is 0.271 e. The van der Waals surface area contributed by atoms with Gasteiger partial charge >= 0.3 is 0 Å². The molecule has 0 aliphatic carbocycles. The van der Waals surface area contributed by atoms with Gasteiger partial charge in [0.05, 0.1) is 0 Å². The highest BCUT2D eigenvalue weighted by atomic mass is 16.2. The Bertz CT molecular complexity index is 1100. The normalized spacial score (nSPS) is 11.3. The van der Waals surface area contributed by atoms with Gasteiger partial charge in [0.2, 0.25) is 0 Å². The summed E-state index contributed by atoms with van der Waals surface area (Å²) in [6.45, 7) is 3.23. The lowest BCUT2D eigenvalue weighted by molar-refractivity contribution is -0.126. The molecule has 5 heteroatoms. The van der Waals surface area contributed by atoms with Crippen LogP contribution in [0.4, 0.5) is 5.69 Å². The molecule has 0 saturated carbocycles. The van der Waals surface area contributed by atoms with Crippen molar-refractivity contribution in [1.29, 1.82) is 0 Å². The standard InChI is InChI=1S/C27H31N3O2/c1-4-5-18-29(21-23-11-7-6-8-12-23)27(32)25(30-19-10-9-13-26(30)31)20-22-14-16-24(17-15-22)28(2)3/h6-17,19-20H,4-5,18,21H2,1-3H3. The summed E-state index contributed by atoms with van der Waals surface area (Å²) in [4.78, 5) is 30.3. The zero-order valence-electron chi connectivity index (χ0n) is 19.1. The molecule has 0 radical (unpaired) electrons. The third kappa shape index (κ3) is 5.97. The number of anilines is 1. The lowest BCUT2D eigenvalue weighted by Gasteiger charge is -2.25. The van der Waals surface area contributed by atoms with Crippen LogP contribution >= 0.6 is 0 Å². The number of aromatic nitrogens is 1. The van der Waals surface area contributed by atoms with E-state index in [1.807, 2.05) is 78.5 Å². The number of hydrogen-bond donors (Lipinski definition) is 0. The third-order valence-corrected chi connectivity index (χ3v) is 5.30. The molecule has 5 nitrogen and oxygen atoms in total. The van der Waals surface area contributed by atoms with Crippen LogP contribution in [-0.4, -0.2) is 36.0 Å². The summed E-state index contributed by atoms with van der Waals surface area (Å²) in [5, 5.41) is 0. The van der Waals surface area contributed by atoms with Crippen LogP contribution in [-0.2, 0) is 11.3 Å². The molecule has 0 bridgehead atoms. The molecule has 1 amide bonds. The van der Waals surface area contributed by atoms with Gasteiger partial charge in [0.15, 0.2) is 0 Å². The SMILES string of the molecule is CCCCN(Cc1ccccc1)C(=O)C(=Cc1ccc(N(C)C)cc1)n1ccccc1=O. The fourth-order valence-corrected chi connectivity index (χ4v) is 3.45. The van der Waals surface area contributed by atoms with E-state index in [0.29, 0.717) is 18.8 Å². The first-order valence-electron chi connectivity index (χ1n) is 11.0. The van der Waals surface area contributed by atoms with Crippen LogP contribution in [0.25, 0.3) is 11.8 Å². The molecule has 3 rings (SSSR count). The van der Waals surface area contributed by atoms with Crippen molar-refractivity contribution in [1.82, 2.24) is 9.47 Å². The Labute approximate surface area is 190 Å². The molecule has 166 valence electrons. The van der Waals surface area contributed by atoms with Crippen LogP contribution in [0.5, 0.6) is 0 Å². The summed E-state index contributed by atoms with van der Waals surface area (Å²) >= 11 is 0. The largest absolute Gasteiger partial charge is 0.378 e. The van der Waals surface area contributed by atoms with E-state index in [1.54, 1.807) is 24.4 Å². The molecular weight excluding hydrogens is 398 g/mol. The Morgan fingerprint density at radius 3 is 2.25 bits per heavy atom. The van der Waals surface area contributed by atoms with Gasteiger partial charge in [0, 0.05) is 45.1 Å². The number of benzene rings is 2. The van der Waals surface area contributed by atoms with E-state index in [9.17, 15) is 9.59 Å². The molecule has 0 saturated heterocycles. The van der Waals surface area contributed by atoms with Gasteiger partial charge in [-0.25, -0.2) is 0 Å². The van der Waals surface area contributed by atoms with E-state index in [1.165, 1.54) is 10.6 Å². The predicted octanol–water partition coefficient (Wildman–Crippen LogP) is 4.74. The Morgan fingerprint density at radius 1 is 0.938 bits per heavy atom. The Balaban J connectivity index is 2.03. The van der Waals surface area contributed by atoms with E-state index in [0.717, 1.165) is 29.7 Å². The fourth-order valence-electron chi connectivity index (χ4n) is 3.45. The number of carbonyl (C=O) groups excluding carboxylic acids is 1. The van der Waals surface area contributed by atoms with Gasteiger partial charge in [0.25, 0.3) is 11.5 Å². The highest BCUT2D eigenvalue weighted by molar-refractivity contribution is 6.18. The minimum atomic E-state index is -0.229. The molecular formula is C27H31N3O2. The minimum absolute atomic E-state index is 0.160. The number of pyridine rings is 1. The Hall–Kier alpha value is -3.60. The first-order valence-corrected chi connectivity index (χ1v) is 11.0. The fraction of sp³-hybridized carbons (Fsp3) is 0.259. The van der Waals surface area contributed by atoms with Crippen molar-refractivity contribution >= 4 is 23.4 Å². The van der Waals surface area contributed by atoms with E-state index in [2.05, 4.69) is 6.92 Å². The summed E-state index contributed by atoms with van der Waals surface area (Å²) in [6, 6.07) is 22.8. The number of nitrogens with zero attached hydrogens (tertiary/aromatic N) is 3. The predicted molar refractivity (Wildman–Crippen MR) is 132 cm³/mol. The van der Waals surface area contributed by atoms with Gasteiger partial charge < -0.3 is 9.80 Å². The van der Waals surface area contributed by atoms with E-state index < -0.39 is 0 Å². The van der Waals surface area contributed by atoms with E-state index >= 15 is 0 Å². The van der Waals surface area contributed by atoms with Gasteiger partial charge in [-0.1, -0.05) is 61.9 Å². The average Bonchev–Trinajstić information content (AvgIpc) is 2.81. The lowest BCUT2D eigenvalue weighted by atomic mass is 10.1. The van der Waals surface area contributed by atoms with Crippen LogP contribution in [0.1, 0.15) is 30.9 Å². The van der Waals surface area contributed by atoms with Crippen LogP contribution in [0.3, 0.4) is 0 Å². The number of unbranched alkanes of at least 4 members (excludes halogenated alkanes) is 1. The quantitative estimate of drug-likeness (QED) is 0.462. The molecule has 1 aromatic heterocycles. The molecule has 32 heavy (non-hydrogen) atoms. The number of hydrogen-bond acceptors (Lipinski definition) is 3. The second-order valence-corrected chi connectivity index (χ2v) is 7.99. The number of amides is 1. The summed E-state index contributed by atoms with van der Waals surface area (Å²) < 4.78 is 1.44. The Kier molecular flexibility index (Phi) is 8.03. The molecule has 0 spiro atoms. The molecule has 0 unspecified atom stereocenters. The van der Waals surface area contributed by atoms with Crippen LogP contribution in [0.15, 0.2) is 83.8 Å². The van der Waals surface area contributed by atoms with Gasteiger partial charge in [-0.15, -0.1) is 0 Å². The van der Waals surface area contributed by atoms with Crippen LogP contribution in [0, 0.1) is 0 Å². The molecule has 1 heterocycles. The van der Waals surface area contributed by atoms with Gasteiger partial charge in [0.1, 0.15) is 5.70 Å². The molecule has 0 fully saturated rings. The smallest absolute Gasteiger partial charge is 0.271 e. The first kappa shape index (κ1) is 23.1. The van der Waals surface area contributed by atoms with Crippen molar-refractivity contribution in [2.24, 2.45) is 0 Å². The molecule has 0 aliphatic heterocycles. The summed E-state index contributed by atoms with van der Waals surface area (Å²) in [6.07, 6.45) is 5.33. The number of rotatable bonds is 9. The van der Waals surface area contributed by atoms with E-state index in [4.69, 9.17) is 0 Å². The maximum absolute atomic E-state index is 13.8. The topological polar surface area (TPSA) is 45.6 Å². The highest BCUT2D eigenvalue weighted by Gasteiger charge is 2.21. The molecule has 0 atom stereocenters. The summed E-state index contributed by atoms with van der Waals surface area (Å²) in [5.74, 6) is -0.160. The molecule has 3 aromatic rings. The third-order valence-electron chi connectivity index (χ3n) is 5.30. The zero-order chi connectivity index (χ0) is 22.9. The molecule has 0 aliphatic rings. The molecule has 2 aromatic carbocycles. The van der Waals surface area contributed by atoms with Gasteiger partial charge in [-0.2, -0.15) is 0 Å². The van der Waals surface area contributed by atoms with Gasteiger partial charge in [-0.3, -0.25) is 14.2 Å².